The molecule has 0 aliphatic carbocycles. The summed E-state index contributed by atoms with van der Waals surface area (Å²) >= 11 is 0. The Kier molecular flexibility index (Phi) is 58.2. The minimum absolute atomic E-state index is 0.0717. The van der Waals surface area contributed by atoms with Gasteiger partial charge < -0.3 is 14.2 Å². The van der Waals surface area contributed by atoms with E-state index in [-0.39, 0.29) is 31.1 Å². The molecule has 6 heteroatoms. The third kappa shape index (κ3) is 58.4. The number of esters is 3. The summed E-state index contributed by atoms with van der Waals surface area (Å²) in [4.78, 5) is 38.3. The van der Waals surface area contributed by atoms with Crippen molar-refractivity contribution in [1.82, 2.24) is 0 Å². The van der Waals surface area contributed by atoms with Crippen LogP contribution in [0.15, 0.2) is 36.5 Å². The average Bonchev–Trinajstić information content (AvgIpc) is 3.37. The maximum absolute atomic E-state index is 12.9. The van der Waals surface area contributed by atoms with Crippen molar-refractivity contribution < 1.29 is 28.6 Å². The molecule has 0 aromatic rings. The van der Waals surface area contributed by atoms with Crippen LogP contribution in [0, 0.1) is 0 Å². The number of carbonyl (C=O) groups excluding carboxylic acids is 3. The molecule has 0 N–H and O–H groups in total. The van der Waals surface area contributed by atoms with Crippen LogP contribution in [0.2, 0.25) is 0 Å². The van der Waals surface area contributed by atoms with Gasteiger partial charge in [-0.05, 0) is 77.0 Å². The summed E-state index contributed by atoms with van der Waals surface area (Å²) in [6.45, 7) is 6.67. The number of unbranched alkanes of at least 4 members (excludes halogenated alkanes) is 41. The van der Waals surface area contributed by atoms with Crippen LogP contribution in [0.25, 0.3) is 0 Å². The summed E-state index contributed by atoms with van der Waals surface area (Å²) in [6, 6.07) is 0. The van der Waals surface area contributed by atoms with E-state index in [1.165, 1.54) is 231 Å². The molecule has 1 atom stereocenters. The van der Waals surface area contributed by atoms with Crippen molar-refractivity contribution >= 4 is 17.9 Å². The summed E-state index contributed by atoms with van der Waals surface area (Å²) in [7, 11) is 0. The second-order valence-corrected chi connectivity index (χ2v) is 21.3. The fourth-order valence-corrected chi connectivity index (χ4v) is 9.35. The molecule has 0 aromatic carbocycles. The van der Waals surface area contributed by atoms with Crippen LogP contribution in [0.3, 0.4) is 0 Å². The molecule has 0 saturated carbocycles. The van der Waals surface area contributed by atoms with E-state index >= 15 is 0 Å². The van der Waals surface area contributed by atoms with E-state index in [1.807, 2.05) is 0 Å². The fraction of sp³-hybridized carbons (Fsp3) is 0.862. The lowest BCUT2D eigenvalue weighted by atomic mass is 10.0. The summed E-state index contributed by atoms with van der Waals surface area (Å²) in [6.07, 6.45) is 72.9. The fourth-order valence-electron chi connectivity index (χ4n) is 9.35. The zero-order chi connectivity index (χ0) is 51.4. The smallest absolute Gasteiger partial charge is 0.306 e. The Bertz CT molecular complexity index is 1190. The number of hydrogen-bond donors (Lipinski definition) is 0. The Morgan fingerprint density at radius 1 is 0.282 bits per heavy atom. The number of carbonyl (C=O) groups is 3. The predicted octanol–water partition coefficient (Wildman–Crippen LogP) is 21.2. The van der Waals surface area contributed by atoms with Crippen molar-refractivity contribution in [3.63, 3.8) is 0 Å². The van der Waals surface area contributed by atoms with E-state index in [1.54, 1.807) is 0 Å². The molecule has 0 bridgehead atoms. The van der Waals surface area contributed by atoms with E-state index in [0.717, 1.165) is 70.6 Å². The predicted molar refractivity (Wildman–Crippen MR) is 307 cm³/mol. The Balaban J connectivity index is 4.29. The van der Waals surface area contributed by atoms with Gasteiger partial charge in [0.2, 0.25) is 0 Å². The van der Waals surface area contributed by atoms with Crippen LogP contribution in [-0.4, -0.2) is 37.2 Å². The number of ether oxygens (including phenoxy) is 3. The van der Waals surface area contributed by atoms with Crippen molar-refractivity contribution in [2.75, 3.05) is 13.2 Å². The molecular weight excluding hydrogens is 877 g/mol. The zero-order valence-corrected chi connectivity index (χ0v) is 47.8. The van der Waals surface area contributed by atoms with Crippen LogP contribution in [0.1, 0.15) is 342 Å². The lowest BCUT2D eigenvalue weighted by Gasteiger charge is -2.18. The van der Waals surface area contributed by atoms with E-state index in [4.69, 9.17) is 14.2 Å². The molecule has 0 spiro atoms. The Labute approximate surface area is 442 Å². The van der Waals surface area contributed by atoms with Crippen molar-refractivity contribution in [3.8, 4) is 0 Å². The molecule has 0 heterocycles. The highest BCUT2D eigenvalue weighted by atomic mass is 16.6. The van der Waals surface area contributed by atoms with Gasteiger partial charge in [-0.25, -0.2) is 0 Å². The van der Waals surface area contributed by atoms with Crippen molar-refractivity contribution in [2.24, 2.45) is 0 Å². The lowest BCUT2D eigenvalue weighted by molar-refractivity contribution is -0.167. The molecule has 0 rings (SSSR count). The second kappa shape index (κ2) is 60.2. The van der Waals surface area contributed by atoms with Gasteiger partial charge in [0.05, 0.1) is 0 Å². The van der Waals surface area contributed by atoms with Crippen LogP contribution < -0.4 is 0 Å². The normalized spacial score (nSPS) is 12.2. The Hall–Kier alpha value is -2.37. The average molecular weight is 998 g/mol. The molecule has 6 nitrogen and oxygen atoms in total. The van der Waals surface area contributed by atoms with Crippen LogP contribution in [-0.2, 0) is 28.6 Å². The van der Waals surface area contributed by atoms with E-state index < -0.39 is 6.10 Å². The lowest BCUT2D eigenvalue weighted by Crippen LogP contribution is -2.30. The molecular formula is C65H120O6. The molecule has 71 heavy (non-hydrogen) atoms. The highest BCUT2D eigenvalue weighted by Gasteiger charge is 2.19. The standard InChI is InChI=1S/C65H120O6/c1-4-7-10-13-16-19-22-25-28-30-31-32-33-34-35-36-38-40-43-46-49-52-55-58-64(67)70-61-62(60-69-63(66)57-54-51-48-45-42-39-27-24-21-18-15-12-9-6-3)71-65(68)59-56-53-50-47-44-41-37-29-26-23-20-17-14-11-8-5-2/h22,24-25,27,30-31,62H,4-21,23,26,28-29,32-61H2,1-3H3/b25-22-,27-24-,31-30-. The Morgan fingerprint density at radius 3 is 0.789 bits per heavy atom. The molecule has 1 unspecified atom stereocenters. The van der Waals surface area contributed by atoms with Gasteiger partial charge in [0.25, 0.3) is 0 Å². The molecule has 0 radical (unpaired) electrons. The van der Waals surface area contributed by atoms with Gasteiger partial charge >= 0.3 is 17.9 Å². The monoisotopic (exact) mass is 997 g/mol. The van der Waals surface area contributed by atoms with Crippen molar-refractivity contribution in [3.05, 3.63) is 36.5 Å². The number of allylic oxidation sites excluding steroid dienone is 6. The van der Waals surface area contributed by atoms with Gasteiger partial charge in [-0.2, -0.15) is 0 Å². The Morgan fingerprint density at radius 2 is 0.507 bits per heavy atom. The molecule has 0 fully saturated rings. The largest absolute Gasteiger partial charge is 0.462 e. The SMILES string of the molecule is CCCCCCC/C=C\C/C=C\CCCCCCCCCCCCCC(=O)OCC(COC(=O)CCCCCCC/C=C\CCCCCCC)OC(=O)CCCCCCCCCCCCCCCCCC. The molecule has 416 valence electrons. The van der Waals surface area contributed by atoms with Crippen LogP contribution >= 0.6 is 0 Å². The quantitative estimate of drug-likeness (QED) is 0.0261. The van der Waals surface area contributed by atoms with Gasteiger partial charge in [0.1, 0.15) is 13.2 Å². The van der Waals surface area contributed by atoms with Gasteiger partial charge in [-0.3, -0.25) is 14.4 Å². The molecule has 0 amide bonds. The van der Waals surface area contributed by atoms with Crippen molar-refractivity contribution in [1.29, 1.82) is 0 Å². The third-order valence-corrected chi connectivity index (χ3v) is 14.1. The first-order chi connectivity index (χ1) is 35.0. The first-order valence-corrected chi connectivity index (χ1v) is 31.5. The first kappa shape index (κ1) is 68.6. The van der Waals surface area contributed by atoms with Crippen LogP contribution in [0.4, 0.5) is 0 Å². The van der Waals surface area contributed by atoms with Crippen molar-refractivity contribution in [2.45, 2.75) is 348 Å². The minimum Gasteiger partial charge on any atom is -0.462 e. The van der Waals surface area contributed by atoms with Gasteiger partial charge in [-0.15, -0.1) is 0 Å². The molecule has 0 aliphatic heterocycles. The second-order valence-electron chi connectivity index (χ2n) is 21.3. The first-order valence-electron chi connectivity index (χ1n) is 31.5. The zero-order valence-electron chi connectivity index (χ0n) is 47.8. The summed E-state index contributed by atoms with van der Waals surface area (Å²) in [5.74, 6) is -0.860. The topological polar surface area (TPSA) is 78.9 Å². The molecule has 0 saturated heterocycles. The maximum Gasteiger partial charge on any atom is 0.306 e. The highest BCUT2D eigenvalue weighted by molar-refractivity contribution is 5.71. The van der Waals surface area contributed by atoms with Gasteiger partial charge in [0, 0.05) is 19.3 Å². The highest BCUT2D eigenvalue weighted by Crippen LogP contribution is 2.17. The van der Waals surface area contributed by atoms with E-state index in [9.17, 15) is 14.4 Å². The van der Waals surface area contributed by atoms with Gasteiger partial charge in [0.15, 0.2) is 6.10 Å². The molecule has 0 aliphatic rings. The maximum atomic E-state index is 12.9. The minimum atomic E-state index is -0.773. The van der Waals surface area contributed by atoms with Gasteiger partial charge in [-0.1, -0.05) is 282 Å². The third-order valence-electron chi connectivity index (χ3n) is 14.1. The number of rotatable bonds is 58. The number of hydrogen-bond acceptors (Lipinski definition) is 6. The summed E-state index contributed by atoms with van der Waals surface area (Å²) in [5.41, 5.74) is 0. The molecule has 0 aromatic heterocycles. The van der Waals surface area contributed by atoms with Crippen LogP contribution in [0.5, 0.6) is 0 Å². The summed E-state index contributed by atoms with van der Waals surface area (Å²) in [5, 5.41) is 0. The van der Waals surface area contributed by atoms with E-state index in [2.05, 4.69) is 57.2 Å². The van der Waals surface area contributed by atoms with E-state index in [0.29, 0.717) is 19.3 Å². The summed E-state index contributed by atoms with van der Waals surface area (Å²) < 4.78 is 16.9.